The minimum absolute atomic E-state index is 0.453. The Bertz CT molecular complexity index is 663. The van der Waals surface area contributed by atoms with Crippen LogP contribution in [0.2, 0.25) is 0 Å². The number of rotatable bonds is 4. The van der Waals surface area contributed by atoms with Crippen molar-refractivity contribution in [3.63, 3.8) is 0 Å². The van der Waals surface area contributed by atoms with E-state index in [2.05, 4.69) is 20.6 Å². The van der Waals surface area contributed by atoms with Crippen LogP contribution >= 0.6 is 0 Å². The first-order valence-corrected chi connectivity index (χ1v) is 6.05. The number of nitrogens with one attached hydrogen (secondary N) is 2. The van der Waals surface area contributed by atoms with Crippen LogP contribution in [-0.2, 0) is 0 Å². The van der Waals surface area contributed by atoms with Gasteiger partial charge in [0, 0.05) is 6.07 Å². The first-order chi connectivity index (χ1) is 9.62. The lowest BCUT2D eigenvalue weighted by atomic mass is 10.2. The molecule has 0 saturated heterocycles. The highest BCUT2D eigenvalue weighted by Gasteiger charge is 2.06. The van der Waals surface area contributed by atoms with E-state index in [1.807, 2.05) is 31.3 Å². The van der Waals surface area contributed by atoms with Crippen molar-refractivity contribution in [3.8, 4) is 11.9 Å². The van der Waals surface area contributed by atoms with E-state index in [1.54, 1.807) is 20.1 Å². The molecule has 2 N–H and O–H groups in total. The Morgan fingerprint density at radius 2 is 1.90 bits per heavy atom. The molecule has 6 heteroatoms. The first-order valence-electron chi connectivity index (χ1n) is 6.05. The number of anilines is 3. The number of nitriles is 1. The van der Waals surface area contributed by atoms with E-state index in [4.69, 9.17) is 10.00 Å². The number of benzene rings is 1. The summed E-state index contributed by atoms with van der Waals surface area (Å²) >= 11 is 0. The van der Waals surface area contributed by atoms with Crippen molar-refractivity contribution in [2.45, 2.75) is 13.8 Å². The first kappa shape index (κ1) is 13.6. The molecule has 0 aliphatic rings. The smallest absolute Gasteiger partial charge is 0.182 e. The fourth-order valence-electron chi connectivity index (χ4n) is 1.81. The van der Waals surface area contributed by atoms with Crippen LogP contribution in [0.15, 0.2) is 24.3 Å². The lowest BCUT2D eigenvalue weighted by Gasteiger charge is -2.12. The molecule has 6 nitrogen and oxygen atoms in total. The van der Waals surface area contributed by atoms with E-state index in [-0.39, 0.29) is 0 Å². The van der Waals surface area contributed by atoms with Gasteiger partial charge in [-0.2, -0.15) is 5.26 Å². The van der Waals surface area contributed by atoms with Crippen LogP contribution in [0.1, 0.15) is 11.4 Å². The van der Waals surface area contributed by atoms with Crippen LogP contribution < -0.4 is 15.4 Å². The van der Waals surface area contributed by atoms with E-state index >= 15 is 0 Å². The summed E-state index contributed by atoms with van der Waals surface area (Å²) in [5, 5.41) is 14.3. The standard InChI is InChI=1S/C14H15N5O/c1-9-4-5-12(20-3)11(6-9)19-14-7-13(16-8-15)17-10(2)18-14/h4-7H,1-3H3,(H2,16,17,18,19). The molecule has 1 aromatic heterocycles. The molecule has 0 radical (unpaired) electrons. The Kier molecular flexibility index (Phi) is 4.01. The van der Waals surface area contributed by atoms with Crippen LogP contribution in [0.3, 0.4) is 0 Å². The Balaban J connectivity index is 2.34. The van der Waals surface area contributed by atoms with E-state index in [1.165, 1.54) is 0 Å². The SMILES string of the molecule is COc1ccc(C)cc1Nc1cc(NC#N)nc(C)n1. The van der Waals surface area contributed by atoms with Crippen LogP contribution in [0.25, 0.3) is 0 Å². The van der Waals surface area contributed by atoms with E-state index in [0.29, 0.717) is 17.5 Å². The highest BCUT2D eigenvalue weighted by Crippen LogP contribution is 2.28. The topological polar surface area (TPSA) is 82.9 Å². The number of hydrogen-bond donors (Lipinski definition) is 2. The number of aryl methyl sites for hydroxylation is 2. The van der Waals surface area contributed by atoms with Crippen LogP contribution in [0, 0.1) is 25.3 Å². The van der Waals surface area contributed by atoms with Crippen molar-refractivity contribution in [2.75, 3.05) is 17.7 Å². The molecule has 102 valence electrons. The Hall–Kier alpha value is -2.81. The van der Waals surface area contributed by atoms with Crippen LogP contribution in [0.4, 0.5) is 17.3 Å². The minimum Gasteiger partial charge on any atom is -0.495 e. The zero-order valence-corrected chi connectivity index (χ0v) is 11.6. The quantitative estimate of drug-likeness (QED) is 0.656. The summed E-state index contributed by atoms with van der Waals surface area (Å²) in [5.74, 6) is 2.34. The molecule has 0 unspecified atom stereocenters. The molecule has 0 saturated carbocycles. The Morgan fingerprint density at radius 3 is 2.60 bits per heavy atom. The van der Waals surface area contributed by atoms with E-state index < -0.39 is 0 Å². The summed E-state index contributed by atoms with van der Waals surface area (Å²) in [7, 11) is 1.61. The van der Waals surface area contributed by atoms with Crippen molar-refractivity contribution < 1.29 is 4.74 Å². The molecule has 2 aromatic rings. The number of methoxy groups -OCH3 is 1. The fourth-order valence-corrected chi connectivity index (χ4v) is 1.81. The maximum atomic E-state index is 8.65. The van der Waals surface area contributed by atoms with Gasteiger partial charge >= 0.3 is 0 Å². The molecule has 0 atom stereocenters. The monoisotopic (exact) mass is 269 g/mol. The summed E-state index contributed by atoms with van der Waals surface area (Å²) in [5.41, 5.74) is 1.92. The molecule has 0 aliphatic heterocycles. The summed E-state index contributed by atoms with van der Waals surface area (Å²) in [4.78, 5) is 8.40. The van der Waals surface area contributed by atoms with Gasteiger partial charge in [0.1, 0.15) is 23.2 Å². The molecule has 0 fully saturated rings. The predicted octanol–water partition coefficient (Wildman–Crippen LogP) is 2.74. The van der Waals surface area contributed by atoms with E-state index in [0.717, 1.165) is 17.0 Å². The van der Waals surface area contributed by atoms with Gasteiger partial charge in [-0.25, -0.2) is 9.97 Å². The van der Waals surface area contributed by atoms with Gasteiger partial charge in [-0.05, 0) is 31.5 Å². The van der Waals surface area contributed by atoms with Gasteiger partial charge in [-0.3, -0.25) is 5.32 Å². The van der Waals surface area contributed by atoms with Gasteiger partial charge in [0.2, 0.25) is 0 Å². The molecule has 0 aliphatic carbocycles. The molecular weight excluding hydrogens is 254 g/mol. The highest BCUT2D eigenvalue weighted by molar-refractivity contribution is 5.66. The Morgan fingerprint density at radius 1 is 1.15 bits per heavy atom. The fraction of sp³-hybridized carbons (Fsp3) is 0.214. The molecular formula is C14H15N5O. The minimum atomic E-state index is 0.453. The number of ether oxygens (including phenoxy) is 1. The maximum absolute atomic E-state index is 8.65. The second-order valence-corrected chi connectivity index (χ2v) is 4.25. The number of hydrogen-bond acceptors (Lipinski definition) is 6. The second kappa shape index (κ2) is 5.89. The molecule has 0 bridgehead atoms. The van der Waals surface area contributed by atoms with Crippen LogP contribution in [-0.4, -0.2) is 17.1 Å². The summed E-state index contributed by atoms with van der Waals surface area (Å²) < 4.78 is 5.31. The summed E-state index contributed by atoms with van der Waals surface area (Å²) in [6, 6.07) is 7.49. The van der Waals surface area contributed by atoms with Crippen molar-refractivity contribution in [2.24, 2.45) is 0 Å². The van der Waals surface area contributed by atoms with Gasteiger partial charge in [-0.15, -0.1) is 0 Å². The van der Waals surface area contributed by atoms with Gasteiger partial charge in [0.25, 0.3) is 0 Å². The molecule has 20 heavy (non-hydrogen) atoms. The molecule has 1 heterocycles. The average Bonchev–Trinajstić information content (AvgIpc) is 2.38. The predicted molar refractivity (Wildman–Crippen MR) is 77.0 cm³/mol. The van der Waals surface area contributed by atoms with Crippen molar-refractivity contribution >= 4 is 17.3 Å². The molecule has 1 aromatic carbocycles. The second-order valence-electron chi connectivity index (χ2n) is 4.25. The number of nitrogens with zero attached hydrogens (tertiary/aromatic N) is 3. The maximum Gasteiger partial charge on any atom is 0.182 e. The van der Waals surface area contributed by atoms with Gasteiger partial charge in [0.05, 0.1) is 12.8 Å². The normalized spacial score (nSPS) is 9.70. The van der Waals surface area contributed by atoms with Gasteiger partial charge in [0.15, 0.2) is 6.19 Å². The van der Waals surface area contributed by atoms with Crippen molar-refractivity contribution in [3.05, 3.63) is 35.7 Å². The highest BCUT2D eigenvalue weighted by atomic mass is 16.5. The van der Waals surface area contributed by atoms with Crippen molar-refractivity contribution in [1.82, 2.24) is 9.97 Å². The molecule has 0 spiro atoms. The third-order valence-corrected chi connectivity index (χ3v) is 2.64. The van der Waals surface area contributed by atoms with E-state index in [9.17, 15) is 0 Å². The third-order valence-electron chi connectivity index (χ3n) is 2.64. The van der Waals surface area contributed by atoms with Gasteiger partial charge in [-0.1, -0.05) is 6.07 Å². The zero-order valence-electron chi connectivity index (χ0n) is 11.6. The Labute approximate surface area is 117 Å². The van der Waals surface area contributed by atoms with Gasteiger partial charge < -0.3 is 10.1 Å². The molecule has 0 amide bonds. The van der Waals surface area contributed by atoms with Crippen molar-refractivity contribution in [1.29, 1.82) is 5.26 Å². The summed E-state index contributed by atoms with van der Waals surface area (Å²) in [6.07, 6.45) is 1.84. The zero-order chi connectivity index (χ0) is 14.5. The molecule has 2 rings (SSSR count). The van der Waals surface area contributed by atoms with Crippen LogP contribution in [0.5, 0.6) is 5.75 Å². The lowest BCUT2D eigenvalue weighted by molar-refractivity contribution is 0.416. The largest absolute Gasteiger partial charge is 0.495 e. The summed E-state index contributed by atoms with van der Waals surface area (Å²) in [6.45, 7) is 3.76. The number of aromatic nitrogens is 2. The average molecular weight is 269 g/mol. The lowest BCUT2D eigenvalue weighted by Crippen LogP contribution is -2.02. The third kappa shape index (κ3) is 3.14.